The Morgan fingerprint density at radius 2 is 1.79 bits per heavy atom. The fraction of sp³-hybridized carbons (Fsp3) is 0.300. The summed E-state index contributed by atoms with van der Waals surface area (Å²) < 4.78 is 26.7. The van der Waals surface area contributed by atoms with Crippen LogP contribution >= 0.6 is 0 Å². The largest absolute Gasteiger partial charge is 0.327 e. The third-order valence-corrected chi connectivity index (χ3v) is 6.71. The lowest BCUT2D eigenvalue weighted by molar-refractivity contribution is -0.933. The summed E-state index contributed by atoms with van der Waals surface area (Å²) in [6, 6.07) is 16.0. The number of quaternary nitrogens is 1. The lowest BCUT2D eigenvalue weighted by Gasteiger charge is -2.34. The molecule has 1 saturated heterocycles. The van der Waals surface area contributed by atoms with E-state index in [1.54, 1.807) is 18.2 Å². The highest BCUT2D eigenvalue weighted by molar-refractivity contribution is 7.92. The second kappa shape index (κ2) is 8.64. The minimum atomic E-state index is -3.46. The van der Waals surface area contributed by atoms with Crippen LogP contribution in [0.5, 0.6) is 0 Å². The second-order valence-electron chi connectivity index (χ2n) is 6.89. The summed E-state index contributed by atoms with van der Waals surface area (Å²) >= 11 is 0. The Morgan fingerprint density at radius 1 is 1.11 bits per heavy atom. The molecule has 0 saturated carbocycles. The number of rotatable bonds is 6. The van der Waals surface area contributed by atoms with Gasteiger partial charge in [0.05, 0.1) is 31.1 Å². The number of non-ortho nitro benzene ring substituents is 1. The summed E-state index contributed by atoms with van der Waals surface area (Å²) in [6.07, 6.45) is 1.61. The summed E-state index contributed by atoms with van der Waals surface area (Å²) in [5.41, 5.74) is 1.81. The van der Waals surface area contributed by atoms with Gasteiger partial charge in [0.1, 0.15) is 6.04 Å². The number of hydrogen-bond donors (Lipinski definition) is 1. The van der Waals surface area contributed by atoms with Crippen molar-refractivity contribution in [1.29, 1.82) is 0 Å². The lowest BCUT2D eigenvalue weighted by atomic mass is 10.1. The maximum absolute atomic E-state index is 12.6. The fourth-order valence-corrected chi connectivity index (χ4v) is 4.61. The smallest absolute Gasteiger partial charge is 0.269 e. The Kier molecular flexibility index (Phi) is 6.23. The van der Waals surface area contributed by atoms with Crippen LogP contribution in [0.25, 0.3) is 6.08 Å². The molecule has 28 heavy (non-hydrogen) atoms. The molecule has 0 bridgehead atoms. The average molecular weight is 402 g/mol. The van der Waals surface area contributed by atoms with Crippen molar-refractivity contribution in [2.45, 2.75) is 13.0 Å². The topological polar surface area (TPSA) is 85.0 Å². The molecule has 0 aromatic heterocycles. The molecule has 0 amide bonds. The highest BCUT2D eigenvalue weighted by Crippen LogP contribution is 2.18. The van der Waals surface area contributed by atoms with E-state index in [9.17, 15) is 18.5 Å². The number of piperazine rings is 1. The van der Waals surface area contributed by atoms with Crippen LogP contribution in [0, 0.1) is 10.1 Å². The summed E-state index contributed by atoms with van der Waals surface area (Å²) in [4.78, 5) is 11.8. The molecule has 148 valence electrons. The van der Waals surface area contributed by atoms with Gasteiger partial charge in [0.25, 0.3) is 5.69 Å². The minimum absolute atomic E-state index is 0.0598. The van der Waals surface area contributed by atoms with E-state index in [4.69, 9.17) is 0 Å². The van der Waals surface area contributed by atoms with Gasteiger partial charge in [0.15, 0.2) is 0 Å². The standard InChI is InChI=1S/C20H23N3O4S/c1-17(19-8-5-9-20(16-19)23(24)25)21-11-13-22(14-12-21)28(26,27)15-10-18-6-3-2-4-7-18/h2-10,15-17H,11-14H2,1H3/p+1/b15-10+/t17-/m1/s1. The highest BCUT2D eigenvalue weighted by Gasteiger charge is 2.30. The van der Waals surface area contributed by atoms with Gasteiger partial charge in [-0.3, -0.25) is 10.1 Å². The van der Waals surface area contributed by atoms with Gasteiger partial charge in [0.2, 0.25) is 10.0 Å². The van der Waals surface area contributed by atoms with Gasteiger partial charge in [-0.15, -0.1) is 0 Å². The molecule has 8 heteroatoms. The van der Waals surface area contributed by atoms with Gasteiger partial charge >= 0.3 is 0 Å². The van der Waals surface area contributed by atoms with Gasteiger partial charge in [-0.05, 0) is 18.6 Å². The van der Waals surface area contributed by atoms with E-state index in [-0.39, 0.29) is 11.7 Å². The van der Waals surface area contributed by atoms with Crippen molar-refractivity contribution in [3.63, 3.8) is 0 Å². The van der Waals surface area contributed by atoms with Gasteiger partial charge in [0, 0.05) is 23.1 Å². The lowest BCUT2D eigenvalue weighted by Crippen LogP contribution is -3.14. The molecule has 0 spiro atoms. The summed E-state index contributed by atoms with van der Waals surface area (Å²) in [5, 5.41) is 12.2. The van der Waals surface area contributed by atoms with Crippen molar-refractivity contribution in [2.75, 3.05) is 26.2 Å². The molecule has 0 radical (unpaired) electrons. The van der Waals surface area contributed by atoms with Gasteiger partial charge in [-0.2, -0.15) is 4.31 Å². The maximum Gasteiger partial charge on any atom is 0.269 e. The van der Waals surface area contributed by atoms with Crippen molar-refractivity contribution in [3.05, 3.63) is 81.2 Å². The Morgan fingerprint density at radius 3 is 2.43 bits per heavy atom. The molecular weight excluding hydrogens is 378 g/mol. The Hall–Kier alpha value is -2.55. The third-order valence-electron chi connectivity index (χ3n) is 5.15. The first-order chi connectivity index (χ1) is 13.4. The summed E-state index contributed by atoms with van der Waals surface area (Å²) in [5.74, 6) is 0. The number of nitrogens with zero attached hydrogens (tertiary/aromatic N) is 2. The molecule has 0 unspecified atom stereocenters. The number of benzene rings is 2. The predicted molar refractivity (Wildman–Crippen MR) is 108 cm³/mol. The van der Waals surface area contributed by atoms with E-state index in [0.29, 0.717) is 26.2 Å². The third kappa shape index (κ3) is 4.83. The highest BCUT2D eigenvalue weighted by atomic mass is 32.2. The van der Waals surface area contributed by atoms with Crippen molar-refractivity contribution in [1.82, 2.24) is 4.31 Å². The van der Waals surface area contributed by atoms with Crippen molar-refractivity contribution in [2.24, 2.45) is 0 Å². The molecule has 1 N–H and O–H groups in total. The zero-order valence-electron chi connectivity index (χ0n) is 15.7. The summed E-state index contributed by atoms with van der Waals surface area (Å²) in [7, 11) is -3.46. The maximum atomic E-state index is 12.6. The van der Waals surface area contributed by atoms with Crippen LogP contribution in [-0.2, 0) is 10.0 Å². The van der Waals surface area contributed by atoms with Crippen LogP contribution < -0.4 is 4.90 Å². The van der Waals surface area contributed by atoms with E-state index in [1.807, 2.05) is 43.3 Å². The van der Waals surface area contributed by atoms with E-state index < -0.39 is 14.9 Å². The Bertz CT molecular complexity index is 952. The van der Waals surface area contributed by atoms with Crippen LogP contribution in [0.3, 0.4) is 0 Å². The zero-order chi connectivity index (χ0) is 20.1. The fourth-order valence-electron chi connectivity index (χ4n) is 3.42. The number of nitrogens with one attached hydrogen (secondary N) is 1. The second-order valence-corrected chi connectivity index (χ2v) is 8.71. The van der Waals surface area contributed by atoms with E-state index >= 15 is 0 Å². The first-order valence-electron chi connectivity index (χ1n) is 9.19. The molecule has 0 aliphatic carbocycles. The van der Waals surface area contributed by atoms with Crippen molar-refractivity contribution < 1.29 is 18.2 Å². The van der Waals surface area contributed by atoms with Gasteiger partial charge in [-0.25, -0.2) is 8.42 Å². The number of nitro groups is 1. The molecule has 1 heterocycles. The monoisotopic (exact) mass is 402 g/mol. The molecule has 3 rings (SSSR count). The quantitative estimate of drug-likeness (QED) is 0.590. The van der Waals surface area contributed by atoms with Crippen LogP contribution in [-0.4, -0.2) is 43.8 Å². The van der Waals surface area contributed by atoms with E-state index in [1.165, 1.54) is 20.7 Å². The Labute approximate surface area is 165 Å². The molecule has 1 aliphatic rings. The molecule has 2 aromatic rings. The first kappa shape index (κ1) is 20.2. The normalized spacial score (nSPS) is 17.6. The zero-order valence-corrected chi connectivity index (χ0v) is 16.5. The molecule has 1 atom stereocenters. The van der Waals surface area contributed by atoms with Gasteiger partial charge < -0.3 is 4.90 Å². The molecule has 7 nitrogen and oxygen atoms in total. The number of hydrogen-bond acceptors (Lipinski definition) is 4. The molecular formula is C20H24N3O4S+. The van der Waals surface area contributed by atoms with Crippen molar-refractivity contribution >= 4 is 21.8 Å². The minimum Gasteiger partial charge on any atom is -0.327 e. The van der Waals surface area contributed by atoms with Crippen molar-refractivity contribution in [3.8, 4) is 0 Å². The molecule has 1 fully saturated rings. The predicted octanol–water partition coefficient (Wildman–Crippen LogP) is 1.86. The Balaban J connectivity index is 1.63. The number of sulfonamides is 1. The van der Waals surface area contributed by atoms with Crippen LogP contribution in [0.2, 0.25) is 0 Å². The van der Waals surface area contributed by atoms with Gasteiger partial charge in [-0.1, -0.05) is 42.5 Å². The SMILES string of the molecule is C[C@H](c1cccc([N+](=O)[O-])c1)[NH+]1CCN(S(=O)(=O)/C=C/c2ccccc2)CC1. The molecule has 2 aromatic carbocycles. The van der Waals surface area contributed by atoms with Crippen LogP contribution in [0.4, 0.5) is 5.69 Å². The molecule has 1 aliphatic heterocycles. The van der Waals surface area contributed by atoms with Crippen LogP contribution in [0.15, 0.2) is 60.0 Å². The van der Waals surface area contributed by atoms with E-state index in [2.05, 4.69) is 0 Å². The number of nitro benzene ring substituents is 1. The first-order valence-corrected chi connectivity index (χ1v) is 10.7. The average Bonchev–Trinajstić information content (AvgIpc) is 2.73. The summed E-state index contributed by atoms with van der Waals surface area (Å²) in [6.45, 7) is 4.19. The van der Waals surface area contributed by atoms with E-state index in [0.717, 1.165) is 11.1 Å². The van der Waals surface area contributed by atoms with Crippen LogP contribution in [0.1, 0.15) is 24.1 Å².